The molecule has 1 aliphatic rings. The predicted molar refractivity (Wildman–Crippen MR) is 123 cm³/mol. The SMILES string of the molecule is Cc1ccc(C)c(NC(=O)[C@@H](c2ccccc2)[NH+]2CCN(c3ccccc3)CC2)c1. The molecule has 30 heavy (non-hydrogen) atoms. The van der Waals surface area contributed by atoms with Crippen LogP contribution in [0.4, 0.5) is 11.4 Å². The van der Waals surface area contributed by atoms with E-state index in [-0.39, 0.29) is 11.9 Å². The number of nitrogens with zero attached hydrogens (tertiary/aromatic N) is 1. The third-order valence-corrected chi connectivity index (χ3v) is 5.98. The number of hydrogen-bond donors (Lipinski definition) is 2. The number of aryl methyl sites for hydroxylation is 2. The van der Waals surface area contributed by atoms with Gasteiger partial charge < -0.3 is 15.1 Å². The second kappa shape index (κ2) is 9.14. The zero-order chi connectivity index (χ0) is 20.9. The molecular formula is C26H30N3O+. The molecule has 1 heterocycles. The number of para-hydroxylation sites is 1. The highest BCUT2D eigenvalue weighted by molar-refractivity contribution is 5.95. The van der Waals surface area contributed by atoms with Crippen LogP contribution in [0.15, 0.2) is 78.9 Å². The highest BCUT2D eigenvalue weighted by Gasteiger charge is 2.34. The molecule has 1 atom stereocenters. The molecule has 1 fully saturated rings. The quantitative estimate of drug-likeness (QED) is 0.689. The molecule has 0 aromatic heterocycles. The van der Waals surface area contributed by atoms with Gasteiger partial charge in [0, 0.05) is 16.9 Å². The van der Waals surface area contributed by atoms with Crippen LogP contribution in [0.1, 0.15) is 22.7 Å². The van der Waals surface area contributed by atoms with Gasteiger partial charge in [-0.15, -0.1) is 0 Å². The van der Waals surface area contributed by atoms with E-state index in [4.69, 9.17) is 0 Å². The zero-order valence-corrected chi connectivity index (χ0v) is 17.8. The number of carbonyl (C=O) groups is 1. The molecule has 3 aromatic rings. The van der Waals surface area contributed by atoms with Crippen LogP contribution in [-0.2, 0) is 4.79 Å². The number of anilines is 2. The zero-order valence-electron chi connectivity index (χ0n) is 17.8. The first-order valence-corrected chi connectivity index (χ1v) is 10.7. The van der Waals surface area contributed by atoms with E-state index < -0.39 is 0 Å². The van der Waals surface area contributed by atoms with E-state index in [1.165, 1.54) is 10.6 Å². The van der Waals surface area contributed by atoms with Gasteiger partial charge in [-0.3, -0.25) is 4.79 Å². The Morgan fingerprint density at radius 1 is 0.900 bits per heavy atom. The fourth-order valence-electron chi connectivity index (χ4n) is 4.27. The number of quaternary nitrogens is 1. The van der Waals surface area contributed by atoms with Crippen LogP contribution in [-0.4, -0.2) is 32.1 Å². The van der Waals surface area contributed by atoms with Crippen LogP contribution >= 0.6 is 0 Å². The topological polar surface area (TPSA) is 36.8 Å². The smallest absolute Gasteiger partial charge is 0.287 e. The van der Waals surface area contributed by atoms with Crippen LogP contribution in [0.2, 0.25) is 0 Å². The van der Waals surface area contributed by atoms with E-state index in [9.17, 15) is 4.79 Å². The lowest BCUT2D eigenvalue weighted by molar-refractivity contribution is -0.922. The number of benzene rings is 3. The second-order valence-corrected chi connectivity index (χ2v) is 8.13. The Hall–Kier alpha value is -3.11. The molecular weight excluding hydrogens is 370 g/mol. The van der Waals surface area contributed by atoms with Crippen LogP contribution in [0.25, 0.3) is 0 Å². The van der Waals surface area contributed by atoms with Crippen molar-refractivity contribution in [2.24, 2.45) is 0 Å². The summed E-state index contributed by atoms with van der Waals surface area (Å²) in [7, 11) is 0. The minimum atomic E-state index is -0.218. The minimum absolute atomic E-state index is 0.0676. The fourth-order valence-corrected chi connectivity index (χ4v) is 4.27. The van der Waals surface area contributed by atoms with Crippen molar-refractivity contribution in [3.8, 4) is 0 Å². The summed E-state index contributed by atoms with van der Waals surface area (Å²) in [6.07, 6.45) is 0. The minimum Gasteiger partial charge on any atom is -0.360 e. The first kappa shape index (κ1) is 20.2. The molecule has 0 radical (unpaired) electrons. The van der Waals surface area contributed by atoms with Crippen molar-refractivity contribution in [2.45, 2.75) is 19.9 Å². The van der Waals surface area contributed by atoms with Gasteiger partial charge in [0.05, 0.1) is 26.2 Å². The van der Waals surface area contributed by atoms with E-state index in [1.54, 1.807) is 0 Å². The standard InChI is InChI=1S/C26H29N3O/c1-20-13-14-21(2)24(19-20)27-26(30)25(22-9-5-3-6-10-22)29-17-15-28(16-18-29)23-11-7-4-8-12-23/h3-14,19,25H,15-18H2,1-2H3,(H,27,30)/p+1/t25-/m1/s1. The largest absolute Gasteiger partial charge is 0.360 e. The molecule has 0 bridgehead atoms. The summed E-state index contributed by atoms with van der Waals surface area (Å²) in [5.41, 5.74) is 5.47. The van der Waals surface area contributed by atoms with Crippen molar-refractivity contribution in [1.29, 1.82) is 0 Å². The molecule has 4 heteroatoms. The number of nitrogens with one attached hydrogen (secondary N) is 2. The molecule has 0 unspecified atom stereocenters. The Bertz CT molecular complexity index is 980. The maximum atomic E-state index is 13.5. The number of carbonyl (C=O) groups excluding carboxylic acids is 1. The van der Waals surface area contributed by atoms with Gasteiger partial charge in [0.1, 0.15) is 0 Å². The Kier molecular flexibility index (Phi) is 6.15. The van der Waals surface area contributed by atoms with Gasteiger partial charge >= 0.3 is 0 Å². The van der Waals surface area contributed by atoms with E-state index in [2.05, 4.69) is 71.7 Å². The Morgan fingerprint density at radius 3 is 2.20 bits per heavy atom. The average Bonchev–Trinajstić information content (AvgIpc) is 2.78. The summed E-state index contributed by atoms with van der Waals surface area (Å²) < 4.78 is 0. The lowest BCUT2D eigenvalue weighted by atomic mass is 10.0. The molecule has 0 aliphatic carbocycles. The molecule has 1 amide bonds. The molecule has 4 rings (SSSR count). The van der Waals surface area contributed by atoms with Gasteiger partial charge in [-0.2, -0.15) is 0 Å². The van der Waals surface area contributed by atoms with Crippen molar-refractivity contribution in [1.82, 2.24) is 0 Å². The fraction of sp³-hybridized carbons (Fsp3) is 0.269. The van der Waals surface area contributed by atoms with E-state index >= 15 is 0 Å². The number of piperazine rings is 1. The third kappa shape index (κ3) is 4.55. The van der Waals surface area contributed by atoms with Crippen molar-refractivity contribution < 1.29 is 9.69 Å². The van der Waals surface area contributed by atoms with Crippen molar-refractivity contribution in [3.63, 3.8) is 0 Å². The van der Waals surface area contributed by atoms with Crippen molar-refractivity contribution in [2.75, 3.05) is 36.4 Å². The predicted octanol–water partition coefficient (Wildman–Crippen LogP) is 3.39. The summed E-state index contributed by atoms with van der Waals surface area (Å²) in [5, 5.41) is 3.22. The third-order valence-electron chi connectivity index (χ3n) is 5.98. The first-order valence-electron chi connectivity index (χ1n) is 10.7. The Balaban J connectivity index is 1.54. The van der Waals surface area contributed by atoms with Gasteiger partial charge in [0.2, 0.25) is 0 Å². The van der Waals surface area contributed by atoms with E-state index in [0.29, 0.717) is 0 Å². The highest BCUT2D eigenvalue weighted by Crippen LogP contribution is 2.20. The summed E-state index contributed by atoms with van der Waals surface area (Å²) in [6.45, 7) is 7.83. The molecule has 2 N–H and O–H groups in total. The van der Waals surface area contributed by atoms with Gasteiger partial charge in [0.15, 0.2) is 6.04 Å². The normalized spacial score (nSPS) is 15.6. The Labute approximate surface area is 179 Å². The summed E-state index contributed by atoms with van der Waals surface area (Å²) >= 11 is 0. The molecule has 1 aliphatic heterocycles. The number of hydrogen-bond acceptors (Lipinski definition) is 2. The number of rotatable bonds is 5. The van der Waals surface area contributed by atoms with Crippen LogP contribution < -0.4 is 15.1 Å². The summed E-state index contributed by atoms with van der Waals surface area (Å²) in [5.74, 6) is 0.0676. The van der Waals surface area contributed by atoms with E-state index in [1.807, 2.05) is 31.2 Å². The van der Waals surface area contributed by atoms with Crippen molar-refractivity contribution in [3.05, 3.63) is 95.6 Å². The lowest BCUT2D eigenvalue weighted by Crippen LogP contribution is -3.16. The van der Waals surface area contributed by atoms with Crippen LogP contribution in [0.5, 0.6) is 0 Å². The first-order chi connectivity index (χ1) is 14.6. The van der Waals surface area contributed by atoms with Crippen molar-refractivity contribution >= 4 is 17.3 Å². The molecule has 154 valence electrons. The highest BCUT2D eigenvalue weighted by atomic mass is 16.2. The molecule has 0 spiro atoms. The summed E-state index contributed by atoms with van der Waals surface area (Å²) in [4.78, 5) is 17.2. The van der Waals surface area contributed by atoms with E-state index in [0.717, 1.165) is 48.6 Å². The molecule has 1 saturated heterocycles. The van der Waals surface area contributed by atoms with Crippen LogP contribution in [0, 0.1) is 13.8 Å². The van der Waals surface area contributed by atoms with Crippen LogP contribution in [0.3, 0.4) is 0 Å². The maximum Gasteiger partial charge on any atom is 0.287 e. The molecule has 0 saturated carbocycles. The monoisotopic (exact) mass is 400 g/mol. The van der Waals surface area contributed by atoms with Gasteiger partial charge in [-0.25, -0.2) is 0 Å². The number of amides is 1. The average molecular weight is 401 g/mol. The Morgan fingerprint density at radius 2 is 1.53 bits per heavy atom. The van der Waals surface area contributed by atoms with Gasteiger partial charge in [-0.1, -0.05) is 60.7 Å². The maximum absolute atomic E-state index is 13.5. The molecule has 3 aromatic carbocycles. The molecule has 4 nitrogen and oxygen atoms in total. The summed E-state index contributed by atoms with van der Waals surface area (Å²) in [6, 6.07) is 26.7. The van der Waals surface area contributed by atoms with Gasteiger partial charge in [-0.05, 0) is 43.2 Å². The van der Waals surface area contributed by atoms with Gasteiger partial charge in [0.25, 0.3) is 5.91 Å². The lowest BCUT2D eigenvalue weighted by Gasteiger charge is -2.37. The second-order valence-electron chi connectivity index (χ2n) is 8.13.